The Bertz CT molecular complexity index is 339. The standard InChI is InChI=1S/C8H7F12NO2/c9-5(10,11)3(22,6(12,13)14)1-21-2-4(23,7(15,16)17)8(18,19)20/h21-23H,1-2H2. The van der Waals surface area contributed by atoms with Crippen LogP contribution in [0.5, 0.6) is 0 Å². The Balaban J connectivity index is 5.38. The van der Waals surface area contributed by atoms with E-state index in [4.69, 9.17) is 10.2 Å². The Morgan fingerprint density at radius 3 is 0.783 bits per heavy atom. The molecule has 0 atom stereocenters. The van der Waals surface area contributed by atoms with Gasteiger partial charge in [-0.3, -0.25) is 0 Å². The fraction of sp³-hybridized carbons (Fsp3) is 1.00. The van der Waals surface area contributed by atoms with E-state index in [1.165, 1.54) is 0 Å². The van der Waals surface area contributed by atoms with Crippen LogP contribution in [-0.4, -0.2) is 59.2 Å². The summed E-state index contributed by atoms with van der Waals surface area (Å²) in [6.07, 6.45) is -25.8. The zero-order valence-electron chi connectivity index (χ0n) is 10.3. The van der Waals surface area contributed by atoms with Crippen LogP contribution >= 0.6 is 0 Å². The summed E-state index contributed by atoms with van der Waals surface area (Å²) in [6, 6.07) is 0. The SMILES string of the molecule is OC(CNCC(O)(C(F)(F)F)C(F)(F)F)(C(F)(F)F)C(F)(F)F. The van der Waals surface area contributed by atoms with Crippen LogP contribution in [0.25, 0.3) is 0 Å². The van der Waals surface area contributed by atoms with Crippen LogP contribution in [0.1, 0.15) is 0 Å². The van der Waals surface area contributed by atoms with Crippen LogP contribution in [0.15, 0.2) is 0 Å². The van der Waals surface area contributed by atoms with E-state index in [2.05, 4.69) is 0 Å². The van der Waals surface area contributed by atoms with Gasteiger partial charge in [-0.25, -0.2) is 0 Å². The summed E-state index contributed by atoms with van der Waals surface area (Å²) in [7, 11) is 0. The minimum Gasteiger partial charge on any atom is -0.373 e. The predicted octanol–water partition coefficient (Wildman–Crippen LogP) is 2.29. The molecule has 0 unspecified atom stereocenters. The zero-order chi connectivity index (χ0) is 19.1. The van der Waals surface area contributed by atoms with Crippen molar-refractivity contribution in [1.29, 1.82) is 0 Å². The highest BCUT2D eigenvalue weighted by molar-refractivity contribution is 5.00. The predicted molar refractivity (Wildman–Crippen MR) is 47.0 cm³/mol. The first-order valence-electron chi connectivity index (χ1n) is 5.13. The molecule has 0 aromatic heterocycles. The zero-order valence-corrected chi connectivity index (χ0v) is 10.3. The highest BCUT2D eigenvalue weighted by Crippen LogP contribution is 2.44. The van der Waals surface area contributed by atoms with Gasteiger partial charge in [-0.15, -0.1) is 0 Å². The van der Waals surface area contributed by atoms with Gasteiger partial charge in [-0.1, -0.05) is 0 Å². The number of hydrogen-bond acceptors (Lipinski definition) is 3. The van der Waals surface area contributed by atoms with Crippen LogP contribution < -0.4 is 5.32 Å². The maximum Gasteiger partial charge on any atom is 0.427 e. The van der Waals surface area contributed by atoms with Gasteiger partial charge in [0, 0.05) is 13.1 Å². The molecule has 3 N–H and O–H groups in total. The normalized spacial score (nSPS) is 15.9. The van der Waals surface area contributed by atoms with Gasteiger partial charge in [0.2, 0.25) is 0 Å². The lowest BCUT2D eigenvalue weighted by molar-refractivity contribution is -0.373. The van der Waals surface area contributed by atoms with Crippen molar-refractivity contribution in [2.75, 3.05) is 13.1 Å². The molecule has 23 heavy (non-hydrogen) atoms. The van der Waals surface area contributed by atoms with Crippen molar-refractivity contribution < 1.29 is 62.9 Å². The molecule has 0 radical (unpaired) electrons. The molecule has 0 fully saturated rings. The molecule has 0 bridgehead atoms. The molecule has 0 heterocycles. The molecule has 140 valence electrons. The summed E-state index contributed by atoms with van der Waals surface area (Å²) >= 11 is 0. The monoisotopic (exact) mass is 377 g/mol. The quantitative estimate of drug-likeness (QED) is 0.660. The Kier molecular flexibility index (Phi) is 5.60. The average Bonchev–Trinajstić information content (AvgIpc) is 2.22. The number of halogens is 12. The van der Waals surface area contributed by atoms with Gasteiger partial charge < -0.3 is 15.5 Å². The fourth-order valence-corrected chi connectivity index (χ4v) is 1.15. The molecule has 0 aromatic rings. The van der Waals surface area contributed by atoms with Crippen LogP contribution in [0.2, 0.25) is 0 Å². The largest absolute Gasteiger partial charge is 0.427 e. The third-order valence-electron chi connectivity index (χ3n) is 2.64. The first-order valence-corrected chi connectivity index (χ1v) is 5.13. The second-order valence-corrected chi connectivity index (χ2v) is 4.32. The van der Waals surface area contributed by atoms with Crippen LogP contribution in [-0.2, 0) is 0 Å². The van der Waals surface area contributed by atoms with E-state index in [-0.39, 0.29) is 0 Å². The van der Waals surface area contributed by atoms with Gasteiger partial charge in [0.15, 0.2) is 0 Å². The number of aliphatic hydroxyl groups is 2. The van der Waals surface area contributed by atoms with Gasteiger partial charge in [-0.2, -0.15) is 52.7 Å². The molecule has 0 amide bonds. The summed E-state index contributed by atoms with van der Waals surface area (Å²) in [4.78, 5) is 0. The lowest BCUT2D eigenvalue weighted by Crippen LogP contribution is -2.66. The Morgan fingerprint density at radius 2 is 0.652 bits per heavy atom. The molecule has 3 nitrogen and oxygen atoms in total. The molecule has 0 aromatic carbocycles. The highest BCUT2D eigenvalue weighted by atomic mass is 19.4. The molecule has 0 saturated heterocycles. The van der Waals surface area contributed by atoms with Crippen LogP contribution in [0, 0.1) is 0 Å². The Morgan fingerprint density at radius 1 is 0.478 bits per heavy atom. The molecular weight excluding hydrogens is 370 g/mol. The van der Waals surface area contributed by atoms with Crippen LogP contribution in [0.4, 0.5) is 52.7 Å². The summed E-state index contributed by atoms with van der Waals surface area (Å²) < 4.78 is 146. The Labute approximate surface area is 118 Å². The van der Waals surface area contributed by atoms with E-state index in [9.17, 15) is 52.7 Å². The third-order valence-corrected chi connectivity index (χ3v) is 2.64. The van der Waals surface area contributed by atoms with Crippen molar-refractivity contribution in [2.45, 2.75) is 35.9 Å². The van der Waals surface area contributed by atoms with E-state index >= 15 is 0 Å². The van der Waals surface area contributed by atoms with Crippen molar-refractivity contribution in [3.63, 3.8) is 0 Å². The number of alkyl halides is 12. The van der Waals surface area contributed by atoms with Crippen molar-refractivity contribution in [2.24, 2.45) is 0 Å². The molecule has 0 spiro atoms. The minimum absolute atomic E-state index is 0.513. The van der Waals surface area contributed by atoms with Gasteiger partial charge >= 0.3 is 24.7 Å². The number of rotatable bonds is 4. The van der Waals surface area contributed by atoms with Crippen molar-refractivity contribution in [1.82, 2.24) is 5.32 Å². The number of hydrogen-bond donors (Lipinski definition) is 3. The van der Waals surface area contributed by atoms with Crippen molar-refractivity contribution in [3.8, 4) is 0 Å². The maximum absolute atomic E-state index is 12.2. The van der Waals surface area contributed by atoms with E-state index in [0.29, 0.717) is 5.32 Å². The van der Waals surface area contributed by atoms with Crippen LogP contribution in [0.3, 0.4) is 0 Å². The Hall–Kier alpha value is -0.960. The molecule has 15 heteroatoms. The average molecular weight is 377 g/mol. The van der Waals surface area contributed by atoms with Gasteiger partial charge in [0.25, 0.3) is 11.2 Å². The highest BCUT2D eigenvalue weighted by Gasteiger charge is 2.72. The van der Waals surface area contributed by atoms with E-state index in [0.717, 1.165) is 0 Å². The molecule has 0 aliphatic rings. The van der Waals surface area contributed by atoms with E-state index < -0.39 is 49.0 Å². The summed E-state index contributed by atoms with van der Waals surface area (Å²) in [6.45, 7) is -5.59. The summed E-state index contributed by atoms with van der Waals surface area (Å²) in [5.74, 6) is 0. The molecule has 0 rings (SSSR count). The third kappa shape index (κ3) is 4.12. The molecule has 0 saturated carbocycles. The second-order valence-electron chi connectivity index (χ2n) is 4.32. The first-order chi connectivity index (χ1) is 9.71. The lowest BCUT2D eigenvalue weighted by atomic mass is 10.00. The number of nitrogens with one attached hydrogen (secondary N) is 1. The summed E-state index contributed by atoms with van der Waals surface area (Å²) in [5.41, 5.74) is -11.2. The smallest absolute Gasteiger partial charge is 0.373 e. The van der Waals surface area contributed by atoms with Gasteiger partial charge in [0.1, 0.15) is 0 Å². The lowest BCUT2D eigenvalue weighted by Gasteiger charge is -2.35. The maximum atomic E-state index is 12.2. The van der Waals surface area contributed by atoms with Gasteiger partial charge in [0.05, 0.1) is 0 Å². The van der Waals surface area contributed by atoms with Crippen molar-refractivity contribution >= 4 is 0 Å². The summed E-state index contributed by atoms with van der Waals surface area (Å²) in [5, 5.41) is 17.6. The minimum atomic E-state index is -6.45. The fourth-order valence-electron chi connectivity index (χ4n) is 1.15. The molecule has 0 aliphatic heterocycles. The van der Waals surface area contributed by atoms with E-state index in [1.807, 2.05) is 0 Å². The van der Waals surface area contributed by atoms with Gasteiger partial charge in [-0.05, 0) is 0 Å². The van der Waals surface area contributed by atoms with E-state index in [1.54, 1.807) is 0 Å². The van der Waals surface area contributed by atoms with Crippen molar-refractivity contribution in [3.05, 3.63) is 0 Å². The molecular formula is C8H7F12NO2. The molecule has 0 aliphatic carbocycles. The topological polar surface area (TPSA) is 52.5 Å². The first kappa shape index (κ1) is 22.0. The second kappa shape index (κ2) is 5.84.